The summed E-state index contributed by atoms with van der Waals surface area (Å²) in [5.41, 5.74) is 0.0961. The summed E-state index contributed by atoms with van der Waals surface area (Å²) in [7, 11) is 0. The van der Waals surface area contributed by atoms with E-state index in [-0.39, 0.29) is 11.3 Å². The van der Waals surface area contributed by atoms with Crippen molar-refractivity contribution in [3.05, 3.63) is 0 Å². The molecule has 0 atom stereocenters. The highest BCUT2D eigenvalue weighted by molar-refractivity contribution is 5.76. The summed E-state index contributed by atoms with van der Waals surface area (Å²) >= 11 is 0. The molecule has 0 aromatic heterocycles. The van der Waals surface area contributed by atoms with E-state index in [1.807, 2.05) is 0 Å². The van der Waals surface area contributed by atoms with Gasteiger partial charge in [0.05, 0.1) is 0 Å². The number of hydrogen-bond acceptors (Lipinski definition) is 2. The zero-order chi connectivity index (χ0) is 12.0. The monoisotopic (exact) mass is 226 g/mol. The van der Waals surface area contributed by atoms with Crippen molar-refractivity contribution in [1.82, 2.24) is 10.6 Å². The topological polar surface area (TPSA) is 41.1 Å². The number of rotatable bonds is 4. The van der Waals surface area contributed by atoms with E-state index in [2.05, 4.69) is 31.4 Å². The van der Waals surface area contributed by atoms with Crippen LogP contribution in [0, 0.1) is 11.3 Å². The molecule has 0 aromatic rings. The van der Waals surface area contributed by atoms with E-state index in [0.29, 0.717) is 6.42 Å². The van der Waals surface area contributed by atoms with E-state index in [9.17, 15) is 4.79 Å². The average Bonchev–Trinajstić information content (AvgIpc) is 2.16. The van der Waals surface area contributed by atoms with Gasteiger partial charge in [-0.05, 0) is 43.7 Å². The van der Waals surface area contributed by atoms with Gasteiger partial charge in [-0.2, -0.15) is 0 Å². The van der Waals surface area contributed by atoms with Gasteiger partial charge in [0, 0.05) is 13.0 Å². The molecule has 0 bridgehead atoms. The Bertz CT molecular complexity index is 214. The first-order valence-corrected chi connectivity index (χ1v) is 6.45. The summed E-state index contributed by atoms with van der Waals surface area (Å²) in [6, 6.07) is 0. The molecule has 1 fully saturated rings. The van der Waals surface area contributed by atoms with Crippen molar-refractivity contribution in [2.24, 2.45) is 11.3 Å². The maximum absolute atomic E-state index is 11.6. The van der Waals surface area contributed by atoms with Crippen LogP contribution in [0.1, 0.15) is 46.5 Å². The lowest BCUT2D eigenvalue weighted by atomic mass is 9.91. The molecular weight excluding hydrogens is 200 g/mol. The number of amides is 1. The SMILES string of the molecule is CC(C)(C)CC(=O)NCCC1CCNCC1. The van der Waals surface area contributed by atoms with E-state index in [1.54, 1.807) is 0 Å². The van der Waals surface area contributed by atoms with Gasteiger partial charge < -0.3 is 10.6 Å². The maximum atomic E-state index is 11.6. The molecule has 16 heavy (non-hydrogen) atoms. The van der Waals surface area contributed by atoms with Crippen molar-refractivity contribution in [2.75, 3.05) is 19.6 Å². The summed E-state index contributed by atoms with van der Waals surface area (Å²) in [5.74, 6) is 0.998. The van der Waals surface area contributed by atoms with Crippen molar-refractivity contribution in [3.63, 3.8) is 0 Å². The van der Waals surface area contributed by atoms with Crippen LogP contribution < -0.4 is 10.6 Å². The molecule has 0 aromatic carbocycles. The van der Waals surface area contributed by atoms with Gasteiger partial charge >= 0.3 is 0 Å². The van der Waals surface area contributed by atoms with Crippen molar-refractivity contribution < 1.29 is 4.79 Å². The highest BCUT2D eigenvalue weighted by atomic mass is 16.1. The van der Waals surface area contributed by atoms with Crippen molar-refractivity contribution >= 4 is 5.91 Å². The third kappa shape index (κ3) is 6.11. The normalized spacial score (nSPS) is 18.4. The Morgan fingerprint density at radius 3 is 2.50 bits per heavy atom. The van der Waals surface area contributed by atoms with Crippen LogP contribution in [0.25, 0.3) is 0 Å². The Balaban J connectivity index is 2.08. The molecule has 94 valence electrons. The zero-order valence-corrected chi connectivity index (χ0v) is 10.9. The number of hydrogen-bond donors (Lipinski definition) is 2. The molecule has 3 nitrogen and oxygen atoms in total. The van der Waals surface area contributed by atoms with Gasteiger partial charge in [-0.25, -0.2) is 0 Å². The summed E-state index contributed by atoms with van der Waals surface area (Å²) < 4.78 is 0. The lowest BCUT2D eigenvalue weighted by molar-refractivity contribution is -0.122. The summed E-state index contributed by atoms with van der Waals surface area (Å²) in [4.78, 5) is 11.6. The predicted octanol–water partition coefficient (Wildman–Crippen LogP) is 1.93. The molecule has 1 rings (SSSR count). The van der Waals surface area contributed by atoms with Crippen molar-refractivity contribution in [2.45, 2.75) is 46.5 Å². The minimum atomic E-state index is 0.0961. The Morgan fingerprint density at radius 2 is 1.94 bits per heavy atom. The molecule has 2 N–H and O–H groups in total. The second-order valence-electron chi connectivity index (χ2n) is 6.07. The summed E-state index contributed by atoms with van der Waals surface area (Å²) in [6.07, 6.45) is 4.28. The van der Waals surface area contributed by atoms with E-state index >= 15 is 0 Å². The number of carbonyl (C=O) groups is 1. The Morgan fingerprint density at radius 1 is 1.31 bits per heavy atom. The van der Waals surface area contributed by atoms with Gasteiger partial charge in [-0.15, -0.1) is 0 Å². The molecule has 1 aliphatic heterocycles. The van der Waals surface area contributed by atoms with Crippen LogP contribution in [0.4, 0.5) is 0 Å². The van der Waals surface area contributed by atoms with Crippen LogP contribution in [-0.4, -0.2) is 25.5 Å². The molecule has 0 spiro atoms. The van der Waals surface area contributed by atoms with Gasteiger partial charge in [-0.3, -0.25) is 4.79 Å². The van der Waals surface area contributed by atoms with Gasteiger partial charge in [0.25, 0.3) is 0 Å². The third-order valence-corrected chi connectivity index (χ3v) is 3.02. The number of carbonyl (C=O) groups excluding carboxylic acids is 1. The first-order chi connectivity index (χ1) is 7.47. The van der Waals surface area contributed by atoms with Gasteiger partial charge in [0.15, 0.2) is 0 Å². The van der Waals surface area contributed by atoms with Crippen molar-refractivity contribution in [3.8, 4) is 0 Å². The largest absolute Gasteiger partial charge is 0.356 e. The second-order valence-corrected chi connectivity index (χ2v) is 6.07. The van der Waals surface area contributed by atoms with E-state index in [1.165, 1.54) is 12.8 Å². The smallest absolute Gasteiger partial charge is 0.220 e. The van der Waals surface area contributed by atoms with E-state index < -0.39 is 0 Å². The Kier molecular flexibility index (Phi) is 5.26. The summed E-state index contributed by atoms with van der Waals surface area (Å²) in [6.45, 7) is 9.42. The fourth-order valence-corrected chi connectivity index (χ4v) is 2.13. The number of nitrogens with one attached hydrogen (secondary N) is 2. The molecule has 1 heterocycles. The van der Waals surface area contributed by atoms with Crippen molar-refractivity contribution in [1.29, 1.82) is 0 Å². The summed E-state index contributed by atoms with van der Waals surface area (Å²) in [5, 5.41) is 6.38. The van der Waals surface area contributed by atoms with Gasteiger partial charge in [-0.1, -0.05) is 20.8 Å². The minimum Gasteiger partial charge on any atom is -0.356 e. The molecule has 1 amide bonds. The van der Waals surface area contributed by atoms with Crippen LogP contribution in [0.2, 0.25) is 0 Å². The van der Waals surface area contributed by atoms with E-state index in [4.69, 9.17) is 0 Å². The minimum absolute atomic E-state index is 0.0961. The fraction of sp³-hybridized carbons (Fsp3) is 0.923. The first kappa shape index (κ1) is 13.5. The fourth-order valence-electron chi connectivity index (χ4n) is 2.13. The van der Waals surface area contributed by atoms with Crippen LogP contribution in [0.3, 0.4) is 0 Å². The van der Waals surface area contributed by atoms with Crippen LogP contribution >= 0.6 is 0 Å². The van der Waals surface area contributed by atoms with E-state index in [0.717, 1.165) is 32.0 Å². The van der Waals surface area contributed by atoms with Gasteiger partial charge in [0.1, 0.15) is 0 Å². The third-order valence-electron chi connectivity index (χ3n) is 3.02. The van der Waals surface area contributed by atoms with Crippen LogP contribution in [0.15, 0.2) is 0 Å². The predicted molar refractivity (Wildman–Crippen MR) is 67.3 cm³/mol. The standard InChI is InChI=1S/C13H26N2O/c1-13(2,3)10-12(16)15-9-6-11-4-7-14-8-5-11/h11,14H,4-10H2,1-3H3,(H,15,16). The molecule has 1 saturated heterocycles. The zero-order valence-electron chi connectivity index (χ0n) is 10.9. The quantitative estimate of drug-likeness (QED) is 0.769. The molecule has 1 aliphatic rings. The molecular formula is C13H26N2O. The second kappa shape index (κ2) is 6.24. The molecule has 0 saturated carbocycles. The van der Waals surface area contributed by atoms with Gasteiger partial charge in [0.2, 0.25) is 5.91 Å². The highest BCUT2D eigenvalue weighted by Crippen LogP contribution is 2.18. The van der Waals surface area contributed by atoms with Crippen LogP contribution in [0.5, 0.6) is 0 Å². The first-order valence-electron chi connectivity index (χ1n) is 6.45. The maximum Gasteiger partial charge on any atom is 0.220 e. The molecule has 0 radical (unpaired) electrons. The molecule has 3 heteroatoms. The Hall–Kier alpha value is -0.570. The Labute approximate surface area is 99.4 Å². The average molecular weight is 226 g/mol. The molecule has 0 aliphatic carbocycles. The highest BCUT2D eigenvalue weighted by Gasteiger charge is 2.16. The lowest BCUT2D eigenvalue weighted by Gasteiger charge is -2.23. The molecule has 0 unspecified atom stereocenters. The van der Waals surface area contributed by atoms with Crippen LogP contribution in [-0.2, 0) is 4.79 Å². The lowest BCUT2D eigenvalue weighted by Crippen LogP contribution is -2.32. The number of piperidine rings is 1.